The van der Waals surface area contributed by atoms with Crippen molar-refractivity contribution in [1.29, 1.82) is 0 Å². The van der Waals surface area contributed by atoms with E-state index in [1.165, 1.54) is 38.5 Å². The first-order valence-electron chi connectivity index (χ1n) is 4.90. The summed E-state index contributed by atoms with van der Waals surface area (Å²) in [5.74, 6) is 1.07. The fourth-order valence-electron chi connectivity index (χ4n) is 1.94. The molecule has 0 atom stereocenters. The number of carbonyl (C=O) groups is 1. The Balaban J connectivity index is 2.24. The van der Waals surface area contributed by atoms with E-state index in [1.54, 1.807) is 0 Å². The molecule has 1 fully saturated rings. The number of Topliss-reactive ketones (excluding diaryl/α,β-unsaturated/α-hetero) is 1. The fourth-order valence-corrected chi connectivity index (χ4v) is 2.17. The minimum Gasteiger partial charge on any atom is -0.299 e. The highest BCUT2D eigenvalue weighted by atomic mass is 79.9. The maximum Gasteiger partial charge on any atom is 0.143 e. The van der Waals surface area contributed by atoms with Gasteiger partial charge in [0.15, 0.2) is 0 Å². The molecule has 12 heavy (non-hydrogen) atoms. The summed E-state index contributed by atoms with van der Waals surface area (Å²) in [5, 5.41) is 0.545. The van der Waals surface area contributed by atoms with Crippen LogP contribution < -0.4 is 0 Å². The molecule has 1 nitrogen and oxygen atoms in total. The van der Waals surface area contributed by atoms with E-state index >= 15 is 0 Å². The van der Waals surface area contributed by atoms with Crippen molar-refractivity contribution in [3.05, 3.63) is 0 Å². The third-order valence-electron chi connectivity index (χ3n) is 2.64. The molecule has 0 amide bonds. The van der Waals surface area contributed by atoms with E-state index in [4.69, 9.17) is 0 Å². The predicted octanol–water partition coefficient (Wildman–Crippen LogP) is 3.31. The molecule has 0 aliphatic heterocycles. The van der Waals surface area contributed by atoms with E-state index < -0.39 is 0 Å². The summed E-state index contributed by atoms with van der Waals surface area (Å²) in [6.45, 7) is 0. The van der Waals surface area contributed by atoms with Crippen LogP contribution in [0.25, 0.3) is 0 Å². The first-order valence-corrected chi connectivity index (χ1v) is 6.02. The Morgan fingerprint density at radius 1 is 1.17 bits per heavy atom. The zero-order chi connectivity index (χ0) is 8.81. The molecule has 0 heterocycles. The van der Waals surface area contributed by atoms with Gasteiger partial charge in [-0.15, -0.1) is 0 Å². The van der Waals surface area contributed by atoms with Crippen LogP contribution in [0.3, 0.4) is 0 Å². The maximum atomic E-state index is 11.1. The van der Waals surface area contributed by atoms with Crippen LogP contribution in [0.1, 0.15) is 44.9 Å². The SMILES string of the molecule is O=C(CBr)CC1CCCCCC1. The average Bonchev–Trinajstić information content (AvgIpc) is 2.33. The van der Waals surface area contributed by atoms with Gasteiger partial charge in [-0.25, -0.2) is 0 Å². The lowest BCUT2D eigenvalue weighted by Gasteiger charge is -2.11. The molecular weight excluding hydrogens is 216 g/mol. The average molecular weight is 233 g/mol. The van der Waals surface area contributed by atoms with Gasteiger partial charge in [-0.2, -0.15) is 0 Å². The molecule has 0 radical (unpaired) electrons. The van der Waals surface area contributed by atoms with Gasteiger partial charge in [0.25, 0.3) is 0 Å². The van der Waals surface area contributed by atoms with Crippen LogP contribution in [0.2, 0.25) is 0 Å². The minimum atomic E-state index is 0.377. The molecule has 1 rings (SSSR count). The Morgan fingerprint density at radius 2 is 1.75 bits per heavy atom. The molecule has 0 bridgehead atoms. The van der Waals surface area contributed by atoms with Crippen molar-refractivity contribution >= 4 is 21.7 Å². The Kier molecular flexibility index (Phi) is 4.89. The number of alkyl halides is 1. The molecule has 0 aromatic rings. The second-order valence-electron chi connectivity index (χ2n) is 3.73. The van der Waals surface area contributed by atoms with Crippen molar-refractivity contribution in [2.75, 3.05) is 5.33 Å². The maximum absolute atomic E-state index is 11.1. The van der Waals surface area contributed by atoms with E-state index in [-0.39, 0.29) is 0 Å². The monoisotopic (exact) mass is 232 g/mol. The predicted molar refractivity (Wildman–Crippen MR) is 54.6 cm³/mol. The van der Waals surface area contributed by atoms with Crippen molar-refractivity contribution in [3.63, 3.8) is 0 Å². The lowest BCUT2D eigenvalue weighted by Crippen LogP contribution is -2.08. The quantitative estimate of drug-likeness (QED) is 0.539. The highest BCUT2D eigenvalue weighted by molar-refractivity contribution is 9.09. The number of rotatable bonds is 3. The molecule has 0 unspecified atom stereocenters. The summed E-state index contributed by atoms with van der Waals surface area (Å²) < 4.78 is 0. The second kappa shape index (κ2) is 5.74. The molecule has 0 aromatic heterocycles. The summed E-state index contributed by atoms with van der Waals surface area (Å²) >= 11 is 3.21. The molecule has 0 aromatic carbocycles. The fraction of sp³-hybridized carbons (Fsp3) is 0.900. The van der Waals surface area contributed by atoms with Gasteiger partial charge in [0.1, 0.15) is 5.78 Å². The normalized spacial score (nSPS) is 20.4. The Morgan fingerprint density at radius 3 is 2.25 bits per heavy atom. The van der Waals surface area contributed by atoms with Gasteiger partial charge in [0.2, 0.25) is 0 Å². The molecule has 1 aliphatic carbocycles. The first kappa shape index (κ1) is 10.2. The Hall–Kier alpha value is 0.150. The molecule has 0 N–H and O–H groups in total. The van der Waals surface area contributed by atoms with Gasteiger partial charge in [-0.3, -0.25) is 4.79 Å². The van der Waals surface area contributed by atoms with Crippen LogP contribution in [0.15, 0.2) is 0 Å². The van der Waals surface area contributed by atoms with Crippen molar-refractivity contribution in [2.45, 2.75) is 44.9 Å². The van der Waals surface area contributed by atoms with Crippen molar-refractivity contribution in [2.24, 2.45) is 5.92 Å². The van der Waals surface area contributed by atoms with E-state index in [1.807, 2.05) is 0 Å². The van der Waals surface area contributed by atoms with Crippen molar-refractivity contribution in [3.8, 4) is 0 Å². The zero-order valence-corrected chi connectivity index (χ0v) is 9.11. The topological polar surface area (TPSA) is 17.1 Å². The van der Waals surface area contributed by atoms with Crippen LogP contribution in [0.5, 0.6) is 0 Å². The molecule has 70 valence electrons. The van der Waals surface area contributed by atoms with Gasteiger partial charge in [-0.05, 0) is 5.92 Å². The van der Waals surface area contributed by atoms with Gasteiger partial charge in [0.05, 0.1) is 5.33 Å². The van der Waals surface area contributed by atoms with Crippen molar-refractivity contribution < 1.29 is 4.79 Å². The third kappa shape index (κ3) is 3.70. The van der Waals surface area contributed by atoms with Gasteiger partial charge in [-0.1, -0.05) is 54.5 Å². The molecule has 0 spiro atoms. The number of hydrogen-bond donors (Lipinski definition) is 0. The molecule has 1 aliphatic rings. The zero-order valence-electron chi connectivity index (χ0n) is 7.52. The summed E-state index contributed by atoms with van der Waals surface area (Å²) in [7, 11) is 0. The largest absolute Gasteiger partial charge is 0.299 e. The van der Waals surface area contributed by atoms with Crippen LogP contribution in [-0.4, -0.2) is 11.1 Å². The van der Waals surface area contributed by atoms with E-state index in [0.717, 1.165) is 6.42 Å². The molecular formula is C10H17BrO. The lowest BCUT2D eigenvalue weighted by molar-refractivity contribution is -0.117. The van der Waals surface area contributed by atoms with Gasteiger partial charge >= 0.3 is 0 Å². The number of carbonyl (C=O) groups excluding carboxylic acids is 1. The van der Waals surface area contributed by atoms with Crippen LogP contribution in [0, 0.1) is 5.92 Å². The number of halogens is 1. The standard InChI is InChI=1S/C10H17BrO/c11-8-10(12)7-9-5-3-1-2-4-6-9/h9H,1-8H2. The van der Waals surface area contributed by atoms with Crippen LogP contribution >= 0.6 is 15.9 Å². The molecule has 0 saturated heterocycles. The molecule has 1 saturated carbocycles. The summed E-state index contributed by atoms with van der Waals surface area (Å²) in [6.07, 6.45) is 8.78. The van der Waals surface area contributed by atoms with Crippen LogP contribution in [0.4, 0.5) is 0 Å². The van der Waals surface area contributed by atoms with Crippen molar-refractivity contribution in [1.82, 2.24) is 0 Å². The second-order valence-corrected chi connectivity index (χ2v) is 4.29. The first-order chi connectivity index (χ1) is 5.83. The smallest absolute Gasteiger partial charge is 0.143 e. The van der Waals surface area contributed by atoms with E-state index in [2.05, 4.69) is 15.9 Å². The highest BCUT2D eigenvalue weighted by Gasteiger charge is 2.14. The Labute approximate surface area is 83.0 Å². The minimum absolute atomic E-state index is 0.377. The third-order valence-corrected chi connectivity index (χ3v) is 3.27. The van der Waals surface area contributed by atoms with Crippen LogP contribution in [-0.2, 0) is 4.79 Å². The number of ketones is 1. The lowest BCUT2D eigenvalue weighted by atomic mass is 9.95. The summed E-state index contributed by atoms with van der Waals surface area (Å²) in [4.78, 5) is 11.1. The van der Waals surface area contributed by atoms with E-state index in [9.17, 15) is 4.79 Å². The molecule has 2 heteroatoms. The summed E-state index contributed by atoms with van der Waals surface area (Å²) in [5.41, 5.74) is 0. The highest BCUT2D eigenvalue weighted by Crippen LogP contribution is 2.25. The summed E-state index contributed by atoms with van der Waals surface area (Å²) in [6, 6.07) is 0. The van der Waals surface area contributed by atoms with Gasteiger partial charge < -0.3 is 0 Å². The number of hydrogen-bond acceptors (Lipinski definition) is 1. The van der Waals surface area contributed by atoms with E-state index in [0.29, 0.717) is 17.0 Å². The van der Waals surface area contributed by atoms with Gasteiger partial charge in [0, 0.05) is 6.42 Å². The Bertz CT molecular complexity index is 137.